The van der Waals surface area contributed by atoms with Crippen LogP contribution in [0.2, 0.25) is 0 Å². The van der Waals surface area contributed by atoms with E-state index in [-0.39, 0.29) is 13.0 Å². The summed E-state index contributed by atoms with van der Waals surface area (Å²) >= 11 is 1.51. The Morgan fingerprint density at radius 3 is 2.12 bits per heavy atom. The van der Waals surface area contributed by atoms with Gasteiger partial charge in [0, 0.05) is 11.5 Å². The highest BCUT2D eigenvalue weighted by Crippen LogP contribution is 2.16. The van der Waals surface area contributed by atoms with Gasteiger partial charge in [-0.3, -0.25) is 4.79 Å². The Labute approximate surface area is 198 Å². The van der Waals surface area contributed by atoms with Crippen LogP contribution < -0.4 is 5.32 Å². The maximum atomic E-state index is 12.7. The molecule has 0 heterocycles. The van der Waals surface area contributed by atoms with Crippen molar-refractivity contribution in [2.75, 3.05) is 5.75 Å². The number of carbonyl (C=O) groups excluding carboxylic acids is 2. The van der Waals surface area contributed by atoms with Crippen LogP contribution in [0.1, 0.15) is 43.0 Å². The summed E-state index contributed by atoms with van der Waals surface area (Å²) in [4.78, 5) is 35.8. The third-order valence-electron chi connectivity index (χ3n) is 4.41. The van der Waals surface area contributed by atoms with Gasteiger partial charge in [0.05, 0.1) is 6.42 Å². The molecule has 2 rings (SSSR count). The molecule has 33 heavy (non-hydrogen) atoms. The topological polar surface area (TPSA) is 102 Å². The highest BCUT2D eigenvalue weighted by Gasteiger charge is 2.25. The fourth-order valence-corrected chi connectivity index (χ4v) is 3.78. The first-order valence-electron chi connectivity index (χ1n) is 10.6. The number of carboxylic acid groups (broad SMARTS) is 1. The largest absolute Gasteiger partial charge is 0.481 e. The lowest BCUT2D eigenvalue weighted by molar-refractivity contribution is -0.146. The van der Waals surface area contributed by atoms with Crippen LogP contribution in [0.4, 0.5) is 4.79 Å². The zero-order valence-electron chi connectivity index (χ0n) is 19.4. The van der Waals surface area contributed by atoms with Gasteiger partial charge in [0.2, 0.25) is 0 Å². The monoisotopic (exact) mass is 473 g/mol. The molecule has 0 saturated carbocycles. The third-order valence-corrected chi connectivity index (χ3v) is 5.52. The van der Waals surface area contributed by atoms with Gasteiger partial charge in [0.1, 0.15) is 18.2 Å². The predicted octanol–water partition coefficient (Wildman–Crippen LogP) is 4.49. The van der Waals surface area contributed by atoms with Gasteiger partial charge >= 0.3 is 18.0 Å². The number of ether oxygens (including phenoxy) is 2. The zero-order chi connectivity index (χ0) is 24.4. The van der Waals surface area contributed by atoms with E-state index in [1.165, 1.54) is 17.3 Å². The molecule has 7 nitrogen and oxygen atoms in total. The van der Waals surface area contributed by atoms with E-state index < -0.39 is 29.7 Å². The molecule has 0 aliphatic rings. The Morgan fingerprint density at radius 2 is 1.55 bits per heavy atom. The van der Waals surface area contributed by atoms with Crippen LogP contribution >= 0.6 is 11.8 Å². The molecule has 2 aromatic rings. The second kappa shape index (κ2) is 12.3. The average Bonchev–Trinajstić information content (AvgIpc) is 2.72. The summed E-state index contributed by atoms with van der Waals surface area (Å²) in [6.07, 6.45) is -0.751. The van der Waals surface area contributed by atoms with Gasteiger partial charge in [0.15, 0.2) is 0 Å². The van der Waals surface area contributed by atoms with Gasteiger partial charge in [-0.05, 0) is 44.4 Å². The molecule has 2 aromatic carbocycles. The van der Waals surface area contributed by atoms with Crippen LogP contribution in [-0.4, -0.2) is 40.5 Å². The lowest BCUT2D eigenvalue weighted by Gasteiger charge is -2.23. The van der Waals surface area contributed by atoms with Crippen molar-refractivity contribution < 1.29 is 29.0 Å². The van der Waals surface area contributed by atoms with E-state index in [4.69, 9.17) is 14.6 Å². The molecule has 0 aliphatic heterocycles. The van der Waals surface area contributed by atoms with E-state index in [0.717, 1.165) is 11.1 Å². The van der Waals surface area contributed by atoms with Crippen molar-refractivity contribution in [3.8, 4) is 0 Å². The van der Waals surface area contributed by atoms with E-state index >= 15 is 0 Å². The third kappa shape index (κ3) is 10.4. The number of nitrogens with one attached hydrogen (secondary N) is 1. The smallest absolute Gasteiger partial charge is 0.408 e. The fraction of sp³-hybridized carbons (Fsp3) is 0.400. The molecule has 8 heteroatoms. The fourth-order valence-electron chi connectivity index (χ4n) is 2.78. The van der Waals surface area contributed by atoms with Gasteiger partial charge in [-0.25, -0.2) is 9.59 Å². The number of aryl methyl sites for hydroxylation is 1. The van der Waals surface area contributed by atoms with Crippen LogP contribution in [0.3, 0.4) is 0 Å². The number of alkyl carbamates (subject to hydrolysis) is 1. The molecule has 0 radical (unpaired) electrons. The first kappa shape index (κ1) is 26.3. The van der Waals surface area contributed by atoms with Crippen molar-refractivity contribution >= 4 is 29.8 Å². The summed E-state index contributed by atoms with van der Waals surface area (Å²) in [5.41, 5.74) is 2.99. The van der Waals surface area contributed by atoms with Crippen molar-refractivity contribution in [3.05, 3.63) is 70.8 Å². The SMILES string of the molecule is Cc1ccc(CSC[C@H](NC(=O)OC(C)(C)C)C(=O)OCc2ccc(CC(=O)O)cc2)cc1. The van der Waals surface area contributed by atoms with Gasteiger partial charge in [-0.1, -0.05) is 54.1 Å². The molecular weight excluding hydrogens is 442 g/mol. The summed E-state index contributed by atoms with van der Waals surface area (Å²) in [7, 11) is 0. The number of carbonyl (C=O) groups is 3. The Bertz CT molecular complexity index is 935. The number of rotatable bonds is 10. The number of thioether (sulfide) groups is 1. The Kier molecular flexibility index (Phi) is 9.78. The highest BCUT2D eigenvalue weighted by molar-refractivity contribution is 7.98. The second-order valence-electron chi connectivity index (χ2n) is 8.69. The minimum absolute atomic E-state index is 0.0152. The molecule has 0 saturated heterocycles. The van der Waals surface area contributed by atoms with Gasteiger partial charge in [0.25, 0.3) is 0 Å². The van der Waals surface area contributed by atoms with E-state index in [0.29, 0.717) is 17.1 Å². The van der Waals surface area contributed by atoms with E-state index in [1.807, 2.05) is 31.2 Å². The predicted molar refractivity (Wildman–Crippen MR) is 128 cm³/mol. The van der Waals surface area contributed by atoms with Crippen LogP contribution in [-0.2, 0) is 37.8 Å². The molecule has 0 aliphatic carbocycles. The highest BCUT2D eigenvalue weighted by atomic mass is 32.2. The Morgan fingerprint density at radius 1 is 0.970 bits per heavy atom. The number of esters is 1. The van der Waals surface area contributed by atoms with Gasteiger partial charge in [-0.15, -0.1) is 0 Å². The maximum absolute atomic E-state index is 12.7. The lowest BCUT2D eigenvalue weighted by Crippen LogP contribution is -2.45. The standard InChI is InChI=1S/C25H31NO6S/c1-17-5-7-20(8-6-17)15-33-16-21(26-24(30)32-25(2,3)4)23(29)31-14-19-11-9-18(10-12-19)13-22(27)28/h5-12,21H,13-16H2,1-4H3,(H,26,30)(H,27,28)/t21-/m0/s1. The van der Waals surface area contributed by atoms with Crippen molar-refractivity contribution in [1.29, 1.82) is 0 Å². The summed E-state index contributed by atoms with van der Waals surface area (Å²) in [6, 6.07) is 14.1. The molecule has 0 unspecified atom stereocenters. The minimum atomic E-state index is -0.909. The number of hydrogen-bond donors (Lipinski definition) is 2. The molecular formula is C25H31NO6S. The van der Waals surface area contributed by atoms with Crippen LogP contribution in [0.15, 0.2) is 48.5 Å². The van der Waals surface area contributed by atoms with E-state index in [1.54, 1.807) is 45.0 Å². The molecule has 1 amide bonds. The van der Waals surface area contributed by atoms with Crippen LogP contribution in [0, 0.1) is 6.92 Å². The first-order chi connectivity index (χ1) is 15.5. The average molecular weight is 474 g/mol. The van der Waals surface area contributed by atoms with Gasteiger partial charge < -0.3 is 19.9 Å². The van der Waals surface area contributed by atoms with Crippen LogP contribution in [0.5, 0.6) is 0 Å². The summed E-state index contributed by atoms with van der Waals surface area (Å²) in [6.45, 7) is 7.29. The molecule has 0 bridgehead atoms. The van der Waals surface area contributed by atoms with Crippen molar-refractivity contribution in [2.24, 2.45) is 0 Å². The molecule has 1 atom stereocenters. The van der Waals surface area contributed by atoms with Crippen LogP contribution in [0.25, 0.3) is 0 Å². The molecule has 0 spiro atoms. The normalized spacial score (nSPS) is 12.0. The zero-order valence-corrected chi connectivity index (χ0v) is 20.2. The van der Waals surface area contributed by atoms with Crippen molar-refractivity contribution in [3.63, 3.8) is 0 Å². The minimum Gasteiger partial charge on any atom is -0.481 e. The van der Waals surface area contributed by atoms with E-state index in [9.17, 15) is 14.4 Å². The number of hydrogen-bond acceptors (Lipinski definition) is 6. The van der Waals surface area contributed by atoms with Gasteiger partial charge in [-0.2, -0.15) is 11.8 Å². The Balaban J connectivity index is 1.96. The number of amides is 1. The Hall–Kier alpha value is -3.00. The summed E-state index contributed by atoms with van der Waals surface area (Å²) < 4.78 is 10.7. The number of aliphatic carboxylic acids is 1. The summed E-state index contributed by atoms with van der Waals surface area (Å²) in [5.74, 6) is -0.463. The number of benzene rings is 2. The molecule has 2 N–H and O–H groups in total. The van der Waals surface area contributed by atoms with Crippen molar-refractivity contribution in [1.82, 2.24) is 5.32 Å². The quantitative estimate of drug-likeness (QED) is 0.490. The molecule has 178 valence electrons. The van der Waals surface area contributed by atoms with Crippen molar-refractivity contribution in [2.45, 2.75) is 58.1 Å². The lowest BCUT2D eigenvalue weighted by atomic mass is 10.1. The first-order valence-corrected chi connectivity index (χ1v) is 11.8. The maximum Gasteiger partial charge on any atom is 0.408 e. The van der Waals surface area contributed by atoms with E-state index in [2.05, 4.69) is 5.32 Å². The summed E-state index contributed by atoms with van der Waals surface area (Å²) in [5, 5.41) is 11.5. The second-order valence-corrected chi connectivity index (χ2v) is 9.72. The molecule has 0 fully saturated rings. The number of carboxylic acids is 1. The molecule has 0 aromatic heterocycles.